The van der Waals surface area contributed by atoms with Crippen LogP contribution >= 0.6 is 0 Å². The van der Waals surface area contributed by atoms with Crippen LogP contribution < -0.4 is 0 Å². The van der Waals surface area contributed by atoms with Crippen molar-refractivity contribution in [2.24, 2.45) is 0 Å². The largest absolute Gasteiger partial charge is 0.358 e. The topological polar surface area (TPSA) is 39.9 Å². The second-order valence-electron chi connectivity index (χ2n) is 5.52. The lowest BCUT2D eigenvalue weighted by molar-refractivity contribution is 0.0573. The van der Waals surface area contributed by atoms with E-state index in [4.69, 9.17) is 4.74 Å². The molecule has 0 amide bonds. The first-order valence-electron chi connectivity index (χ1n) is 7.49. The van der Waals surface area contributed by atoms with Crippen molar-refractivity contribution in [3.05, 3.63) is 59.8 Å². The summed E-state index contributed by atoms with van der Waals surface area (Å²) in [5, 5.41) is 0. The Labute approximate surface area is 127 Å². The van der Waals surface area contributed by atoms with E-state index in [1.54, 1.807) is 18.3 Å². The van der Waals surface area contributed by atoms with Crippen LogP contribution in [0.25, 0.3) is 11.2 Å². The van der Waals surface area contributed by atoms with E-state index in [1.807, 2.05) is 18.2 Å². The minimum atomic E-state index is -0.226. The molecule has 0 bridgehead atoms. The van der Waals surface area contributed by atoms with Crippen molar-refractivity contribution < 1.29 is 9.13 Å². The Hall–Kier alpha value is -2.27. The van der Waals surface area contributed by atoms with Gasteiger partial charge >= 0.3 is 0 Å². The number of halogens is 1. The quantitative estimate of drug-likeness (QED) is 0.743. The first kappa shape index (κ1) is 13.4. The molecule has 4 rings (SSSR count). The van der Waals surface area contributed by atoms with Crippen molar-refractivity contribution in [3.63, 3.8) is 0 Å². The molecule has 3 aromatic rings. The summed E-state index contributed by atoms with van der Waals surface area (Å²) in [4.78, 5) is 9.13. The van der Waals surface area contributed by atoms with Gasteiger partial charge in [0.15, 0.2) is 5.65 Å². The Morgan fingerprint density at radius 2 is 2.23 bits per heavy atom. The van der Waals surface area contributed by atoms with Crippen molar-refractivity contribution in [1.29, 1.82) is 0 Å². The van der Waals surface area contributed by atoms with Gasteiger partial charge in [-0.1, -0.05) is 12.1 Å². The molecule has 2 aromatic heterocycles. The van der Waals surface area contributed by atoms with Gasteiger partial charge < -0.3 is 4.74 Å². The Bertz CT molecular complexity index is 809. The monoisotopic (exact) mass is 297 g/mol. The molecule has 0 N–H and O–H groups in total. The number of rotatable bonds is 3. The smallest absolute Gasteiger partial charge is 0.162 e. The van der Waals surface area contributed by atoms with Crippen LogP contribution in [0.4, 0.5) is 4.39 Å². The van der Waals surface area contributed by atoms with Crippen LogP contribution in [0.1, 0.15) is 30.5 Å². The Morgan fingerprint density at radius 3 is 3.05 bits per heavy atom. The molecule has 5 heteroatoms. The lowest BCUT2D eigenvalue weighted by Gasteiger charge is -2.15. The zero-order valence-electron chi connectivity index (χ0n) is 12.1. The fourth-order valence-corrected chi connectivity index (χ4v) is 3.00. The number of ether oxygens (including phenoxy) is 1. The van der Waals surface area contributed by atoms with Gasteiger partial charge in [-0.3, -0.25) is 4.57 Å². The number of imidazole rings is 1. The summed E-state index contributed by atoms with van der Waals surface area (Å²) < 4.78 is 21.3. The molecule has 3 heterocycles. The van der Waals surface area contributed by atoms with Gasteiger partial charge in [-0.2, -0.15) is 0 Å². The summed E-state index contributed by atoms with van der Waals surface area (Å²) in [5.74, 6) is 0.640. The molecule has 1 fully saturated rings. The van der Waals surface area contributed by atoms with E-state index >= 15 is 0 Å². The van der Waals surface area contributed by atoms with Crippen LogP contribution in [0.5, 0.6) is 0 Å². The number of aromatic nitrogens is 3. The van der Waals surface area contributed by atoms with Crippen LogP contribution in [0.15, 0.2) is 42.6 Å². The molecule has 1 unspecified atom stereocenters. The number of benzene rings is 1. The van der Waals surface area contributed by atoms with Gasteiger partial charge in [-0.05, 0) is 42.7 Å². The van der Waals surface area contributed by atoms with Crippen LogP contribution in [-0.4, -0.2) is 21.1 Å². The van der Waals surface area contributed by atoms with Gasteiger partial charge in [-0.15, -0.1) is 0 Å². The van der Waals surface area contributed by atoms with Gasteiger partial charge in [0.05, 0.1) is 0 Å². The van der Waals surface area contributed by atoms with Gasteiger partial charge in [0, 0.05) is 19.2 Å². The number of pyridine rings is 1. The van der Waals surface area contributed by atoms with Crippen LogP contribution in [0, 0.1) is 5.82 Å². The average molecular weight is 297 g/mol. The molecule has 0 radical (unpaired) electrons. The molecule has 1 atom stereocenters. The second kappa shape index (κ2) is 5.50. The second-order valence-corrected chi connectivity index (χ2v) is 5.52. The van der Waals surface area contributed by atoms with Crippen molar-refractivity contribution in [2.45, 2.75) is 25.5 Å². The molecule has 1 aromatic carbocycles. The molecule has 0 aliphatic carbocycles. The van der Waals surface area contributed by atoms with Gasteiger partial charge in [0.25, 0.3) is 0 Å². The van der Waals surface area contributed by atoms with E-state index in [0.717, 1.165) is 42.0 Å². The minimum Gasteiger partial charge on any atom is -0.358 e. The number of nitrogens with zero attached hydrogens (tertiary/aromatic N) is 3. The predicted molar refractivity (Wildman–Crippen MR) is 81.0 cm³/mol. The van der Waals surface area contributed by atoms with Gasteiger partial charge in [-0.25, -0.2) is 14.4 Å². The molecule has 1 saturated heterocycles. The molecule has 1 aliphatic heterocycles. The molecule has 1 aliphatic rings. The van der Waals surface area contributed by atoms with Crippen molar-refractivity contribution in [1.82, 2.24) is 14.5 Å². The summed E-state index contributed by atoms with van der Waals surface area (Å²) >= 11 is 0. The summed E-state index contributed by atoms with van der Waals surface area (Å²) in [6, 6.07) is 10.5. The zero-order chi connectivity index (χ0) is 14.9. The van der Waals surface area contributed by atoms with Crippen molar-refractivity contribution in [2.75, 3.05) is 6.61 Å². The zero-order valence-corrected chi connectivity index (χ0v) is 12.1. The molecule has 0 spiro atoms. The minimum absolute atomic E-state index is 0.0246. The Kier molecular flexibility index (Phi) is 3.35. The number of hydrogen-bond acceptors (Lipinski definition) is 3. The molecular formula is C17H16FN3O. The van der Waals surface area contributed by atoms with Crippen LogP contribution in [-0.2, 0) is 11.2 Å². The van der Waals surface area contributed by atoms with E-state index in [1.165, 1.54) is 6.07 Å². The maximum Gasteiger partial charge on any atom is 0.162 e. The number of fused-ring (bicyclic) bond motifs is 1. The summed E-state index contributed by atoms with van der Waals surface area (Å²) in [6.07, 6.45) is 4.30. The van der Waals surface area contributed by atoms with Crippen molar-refractivity contribution >= 4 is 11.2 Å². The Morgan fingerprint density at radius 1 is 1.27 bits per heavy atom. The van der Waals surface area contributed by atoms with Gasteiger partial charge in [0.2, 0.25) is 0 Å². The lowest BCUT2D eigenvalue weighted by atomic mass is 10.1. The maximum absolute atomic E-state index is 13.4. The third-order valence-corrected chi connectivity index (χ3v) is 3.97. The SMILES string of the molecule is Fc1cccc(Cc2nc3cccnc3n2C2CCCO2)c1. The lowest BCUT2D eigenvalue weighted by Crippen LogP contribution is -2.12. The summed E-state index contributed by atoms with van der Waals surface area (Å²) in [6.45, 7) is 0.760. The van der Waals surface area contributed by atoms with Crippen molar-refractivity contribution in [3.8, 4) is 0 Å². The highest BCUT2D eigenvalue weighted by molar-refractivity contribution is 5.71. The van der Waals surface area contributed by atoms with E-state index in [0.29, 0.717) is 6.42 Å². The highest BCUT2D eigenvalue weighted by Crippen LogP contribution is 2.29. The van der Waals surface area contributed by atoms with Crippen LogP contribution in [0.2, 0.25) is 0 Å². The highest BCUT2D eigenvalue weighted by atomic mass is 19.1. The fraction of sp³-hybridized carbons (Fsp3) is 0.294. The maximum atomic E-state index is 13.4. The summed E-state index contributed by atoms with van der Waals surface area (Å²) in [5.41, 5.74) is 2.58. The van der Waals surface area contributed by atoms with E-state index in [-0.39, 0.29) is 12.0 Å². The van der Waals surface area contributed by atoms with E-state index in [9.17, 15) is 4.39 Å². The van der Waals surface area contributed by atoms with Gasteiger partial charge in [0.1, 0.15) is 23.4 Å². The molecular weight excluding hydrogens is 281 g/mol. The number of hydrogen-bond donors (Lipinski definition) is 0. The molecule has 112 valence electrons. The standard InChI is InChI=1S/C17H16FN3O/c18-13-5-1-4-12(10-13)11-15-20-14-6-2-8-19-17(14)21(15)16-7-3-9-22-16/h1-2,4-6,8,10,16H,3,7,9,11H2. The average Bonchev–Trinajstić information content (AvgIpc) is 3.13. The molecule has 22 heavy (non-hydrogen) atoms. The van der Waals surface area contributed by atoms with Crippen LogP contribution in [0.3, 0.4) is 0 Å². The fourth-order valence-electron chi connectivity index (χ4n) is 3.00. The normalized spacial score (nSPS) is 18.1. The van der Waals surface area contributed by atoms with E-state index in [2.05, 4.69) is 14.5 Å². The molecule has 4 nitrogen and oxygen atoms in total. The third-order valence-electron chi connectivity index (χ3n) is 3.97. The first-order valence-corrected chi connectivity index (χ1v) is 7.49. The highest BCUT2D eigenvalue weighted by Gasteiger charge is 2.23. The third kappa shape index (κ3) is 2.37. The summed E-state index contributed by atoms with van der Waals surface area (Å²) in [7, 11) is 0. The first-order chi connectivity index (χ1) is 10.8. The molecule has 0 saturated carbocycles. The van der Waals surface area contributed by atoms with E-state index < -0.39 is 0 Å². The predicted octanol–water partition coefficient (Wildman–Crippen LogP) is 3.47. The Balaban J connectivity index is 1.80.